The zero-order valence-electron chi connectivity index (χ0n) is 13.6. The van der Waals surface area contributed by atoms with Crippen LogP contribution >= 0.6 is 0 Å². The molecule has 1 fully saturated rings. The van der Waals surface area contributed by atoms with Crippen LogP contribution in [0.2, 0.25) is 0 Å². The van der Waals surface area contributed by atoms with E-state index in [0.29, 0.717) is 31.6 Å². The summed E-state index contributed by atoms with van der Waals surface area (Å²) in [6.45, 7) is 2.60. The van der Waals surface area contributed by atoms with Gasteiger partial charge in [-0.3, -0.25) is 0 Å². The topological polar surface area (TPSA) is 88.3 Å². The van der Waals surface area contributed by atoms with E-state index in [2.05, 4.69) is 10.3 Å². The van der Waals surface area contributed by atoms with Crippen LogP contribution in [0.4, 0.5) is 0 Å². The van der Waals surface area contributed by atoms with Crippen LogP contribution in [0.5, 0.6) is 0 Å². The first kappa shape index (κ1) is 17.1. The van der Waals surface area contributed by atoms with E-state index in [9.17, 15) is 13.5 Å². The number of piperidine rings is 1. The van der Waals surface area contributed by atoms with Crippen molar-refractivity contribution < 1.29 is 13.5 Å². The summed E-state index contributed by atoms with van der Waals surface area (Å²) in [6, 6.07) is 9.35. The Morgan fingerprint density at radius 1 is 1.25 bits per heavy atom. The lowest BCUT2D eigenvalue weighted by atomic mass is 10.1. The predicted molar refractivity (Wildman–Crippen MR) is 89.6 cm³/mol. The monoisotopic (exact) mass is 350 g/mol. The van der Waals surface area contributed by atoms with Gasteiger partial charge in [-0.05, 0) is 25.3 Å². The van der Waals surface area contributed by atoms with Gasteiger partial charge in [-0.2, -0.15) is 0 Å². The van der Waals surface area contributed by atoms with Crippen LogP contribution in [-0.2, 0) is 15.8 Å². The fraction of sp³-hybridized carbons (Fsp3) is 0.500. The summed E-state index contributed by atoms with van der Waals surface area (Å²) in [5.41, 5.74) is 1.34. The molecule has 7 nitrogen and oxygen atoms in total. The zero-order chi connectivity index (χ0) is 17.2. The number of aliphatic hydroxyl groups is 1. The smallest absolute Gasteiger partial charge is 0.218 e. The molecule has 0 saturated carbocycles. The standard InChI is InChI=1S/C16H22N4O3S/c1-13(21)16-11-20(18-17-16)15-7-9-19(10-8-15)24(22,23)12-14-5-3-2-4-6-14/h2-6,11,13,15,21H,7-10,12H2,1H3/t13-/m0/s1. The molecule has 0 spiro atoms. The van der Waals surface area contributed by atoms with Gasteiger partial charge in [-0.15, -0.1) is 5.10 Å². The fourth-order valence-corrected chi connectivity index (χ4v) is 4.48. The Morgan fingerprint density at radius 3 is 2.50 bits per heavy atom. The Hall–Kier alpha value is -1.77. The molecule has 1 aliphatic rings. The Labute approximate surface area is 142 Å². The van der Waals surface area contributed by atoms with Crippen molar-refractivity contribution in [2.75, 3.05) is 13.1 Å². The number of nitrogens with zero attached hydrogens (tertiary/aromatic N) is 4. The average Bonchev–Trinajstić information content (AvgIpc) is 3.06. The van der Waals surface area contributed by atoms with Gasteiger partial charge in [0, 0.05) is 13.1 Å². The highest BCUT2D eigenvalue weighted by Crippen LogP contribution is 2.25. The molecule has 130 valence electrons. The molecule has 3 rings (SSSR count). The number of rotatable bonds is 5. The average molecular weight is 350 g/mol. The first-order valence-electron chi connectivity index (χ1n) is 8.07. The van der Waals surface area contributed by atoms with Crippen molar-refractivity contribution in [2.24, 2.45) is 0 Å². The van der Waals surface area contributed by atoms with E-state index < -0.39 is 16.1 Å². The van der Waals surface area contributed by atoms with Gasteiger partial charge in [-0.25, -0.2) is 17.4 Å². The van der Waals surface area contributed by atoms with Gasteiger partial charge in [0.2, 0.25) is 10.0 Å². The summed E-state index contributed by atoms with van der Waals surface area (Å²) >= 11 is 0. The lowest BCUT2D eigenvalue weighted by Gasteiger charge is -2.31. The first-order valence-corrected chi connectivity index (χ1v) is 9.68. The lowest BCUT2D eigenvalue weighted by molar-refractivity contribution is 0.194. The maximum Gasteiger partial charge on any atom is 0.218 e. The fourth-order valence-electron chi connectivity index (χ4n) is 2.92. The van der Waals surface area contributed by atoms with Crippen molar-refractivity contribution >= 4 is 10.0 Å². The highest BCUT2D eigenvalue weighted by Gasteiger charge is 2.29. The number of sulfonamides is 1. The molecule has 1 aromatic carbocycles. The SMILES string of the molecule is C[C@H](O)c1cn(C2CCN(S(=O)(=O)Cc3ccccc3)CC2)nn1. The van der Waals surface area contributed by atoms with Crippen molar-refractivity contribution in [3.63, 3.8) is 0 Å². The summed E-state index contributed by atoms with van der Waals surface area (Å²) in [6.07, 6.45) is 2.47. The minimum absolute atomic E-state index is 0.0357. The van der Waals surface area contributed by atoms with E-state index >= 15 is 0 Å². The van der Waals surface area contributed by atoms with Crippen molar-refractivity contribution in [3.8, 4) is 0 Å². The number of hydrogen-bond donors (Lipinski definition) is 1. The molecule has 24 heavy (non-hydrogen) atoms. The summed E-state index contributed by atoms with van der Waals surface area (Å²) in [5.74, 6) is 0.0357. The van der Waals surface area contributed by atoms with Crippen LogP contribution in [0.1, 0.15) is 43.2 Å². The molecule has 1 aromatic heterocycles. The van der Waals surface area contributed by atoms with Gasteiger partial charge in [0.05, 0.1) is 24.1 Å². The molecule has 0 aliphatic carbocycles. The highest BCUT2D eigenvalue weighted by atomic mass is 32.2. The lowest BCUT2D eigenvalue weighted by Crippen LogP contribution is -2.39. The molecule has 2 heterocycles. The Morgan fingerprint density at radius 2 is 1.92 bits per heavy atom. The minimum Gasteiger partial charge on any atom is -0.387 e. The van der Waals surface area contributed by atoms with E-state index in [1.54, 1.807) is 22.1 Å². The van der Waals surface area contributed by atoms with Gasteiger partial charge >= 0.3 is 0 Å². The highest BCUT2D eigenvalue weighted by molar-refractivity contribution is 7.88. The van der Waals surface area contributed by atoms with Crippen molar-refractivity contribution in [2.45, 2.75) is 37.7 Å². The number of benzene rings is 1. The molecule has 1 N–H and O–H groups in total. The zero-order valence-corrected chi connectivity index (χ0v) is 14.4. The normalized spacial score (nSPS) is 18.6. The maximum absolute atomic E-state index is 12.5. The van der Waals surface area contributed by atoms with Crippen LogP contribution in [0.15, 0.2) is 36.5 Å². The van der Waals surface area contributed by atoms with Gasteiger partial charge in [0.1, 0.15) is 5.69 Å². The van der Waals surface area contributed by atoms with E-state index in [1.807, 2.05) is 30.3 Å². The minimum atomic E-state index is -3.30. The van der Waals surface area contributed by atoms with Gasteiger partial charge in [0.15, 0.2) is 0 Å². The predicted octanol–water partition coefficient (Wildman–Crippen LogP) is 1.50. The van der Waals surface area contributed by atoms with E-state index in [-0.39, 0.29) is 11.8 Å². The molecule has 0 unspecified atom stereocenters. The molecule has 0 bridgehead atoms. The van der Waals surface area contributed by atoms with Crippen molar-refractivity contribution in [1.82, 2.24) is 19.3 Å². The molecule has 1 aliphatic heterocycles. The third-order valence-corrected chi connectivity index (χ3v) is 6.19. The van der Waals surface area contributed by atoms with Gasteiger partial charge in [0.25, 0.3) is 0 Å². The van der Waals surface area contributed by atoms with Crippen molar-refractivity contribution in [1.29, 1.82) is 0 Å². The molecule has 1 atom stereocenters. The van der Waals surface area contributed by atoms with E-state index in [1.165, 1.54) is 0 Å². The molecule has 8 heteroatoms. The first-order chi connectivity index (χ1) is 11.5. The second kappa shape index (κ2) is 7.00. The number of hydrogen-bond acceptors (Lipinski definition) is 5. The quantitative estimate of drug-likeness (QED) is 0.883. The molecule has 0 amide bonds. The third-order valence-electron chi connectivity index (χ3n) is 4.34. The maximum atomic E-state index is 12.5. The summed E-state index contributed by atoms with van der Waals surface area (Å²) in [5, 5.41) is 17.5. The molecular formula is C16H22N4O3S. The van der Waals surface area contributed by atoms with Crippen LogP contribution in [-0.4, -0.2) is 45.9 Å². The van der Waals surface area contributed by atoms with Crippen LogP contribution in [0, 0.1) is 0 Å². The number of aliphatic hydroxyl groups excluding tert-OH is 1. The van der Waals surface area contributed by atoms with Crippen molar-refractivity contribution in [3.05, 3.63) is 47.8 Å². The second-order valence-corrected chi connectivity index (χ2v) is 8.14. The van der Waals surface area contributed by atoms with E-state index in [0.717, 1.165) is 5.56 Å². The Bertz CT molecular complexity index is 766. The summed E-state index contributed by atoms with van der Waals surface area (Å²) in [7, 11) is -3.30. The Balaban J connectivity index is 1.61. The number of aromatic nitrogens is 3. The molecule has 2 aromatic rings. The Kier molecular flexibility index (Phi) is 4.98. The van der Waals surface area contributed by atoms with Gasteiger partial charge in [-0.1, -0.05) is 35.5 Å². The largest absolute Gasteiger partial charge is 0.387 e. The van der Waals surface area contributed by atoms with E-state index in [4.69, 9.17) is 0 Å². The van der Waals surface area contributed by atoms with Crippen LogP contribution in [0.25, 0.3) is 0 Å². The molecule has 0 radical (unpaired) electrons. The van der Waals surface area contributed by atoms with Crippen LogP contribution < -0.4 is 0 Å². The van der Waals surface area contributed by atoms with Crippen LogP contribution in [0.3, 0.4) is 0 Å². The summed E-state index contributed by atoms with van der Waals surface area (Å²) < 4.78 is 28.4. The molecular weight excluding hydrogens is 328 g/mol. The molecule has 1 saturated heterocycles. The second-order valence-electron chi connectivity index (χ2n) is 6.17. The van der Waals surface area contributed by atoms with Gasteiger partial charge < -0.3 is 5.11 Å². The third kappa shape index (κ3) is 3.82. The summed E-state index contributed by atoms with van der Waals surface area (Å²) in [4.78, 5) is 0.